The summed E-state index contributed by atoms with van der Waals surface area (Å²) in [4.78, 5) is 28.3. The fourth-order valence-corrected chi connectivity index (χ4v) is 5.24. The molecule has 158 valence electrons. The minimum atomic E-state index is 0.0978. The fourth-order valence-electron chi connectivity index (χ4n) is 4.34. The van der Waals surface area contributed by atoms with Crippen molar-refractivity contribution in [3.63, 3.8) is 0 Å². The molecule has 0 aliphatic heterocycles. The minimum Gasteiger partial charge on any atom is -0.353 e. The van der Waals surface area contributed by atoms with Gasteiger partial charge in [-0.15, -0.1) is 11.8 Å². The standard InChI is InChI=1S/C23H33N3O2S/c1-16(2)26(17(3)4)23(28)14-25-13-21(19-11-7-8-12-20(19)25)29-15-22(27)24-18-9-5-6-10-18/h7-8,11-13,16-18H,5-6,9-10,14-15H2,1-4H3,(H,24,27). The predicted molar refractivity (Wildman–Crippen MR) is 120 cm³/mol. The first-order valence-electron chi connectivity index (χ1n) is 10.7. The molecule has 1 aromatic carbocycles. The van der Waals surface area contributed by atoms with Gasteiger partial charge in [0.1, 0.15) is 6.54 Å². The van der Waals surface area contributed by atoms with Crippen LogP contribution in [0.1, 0.15) is 53.4 Å². The summed E-state index contributed by atoms with van der Waals surface area (Å²) >= 11 is 1.55. The lowest BCUT2D eigenvalue weighted by molar-refractivity contribution is -0.135. The second kappa shape index (κ2) is 9.70. The van der Waals surface area contributed by atoms with Gasteiger partial charge in [-0.05, 0) is 46.6 Å². The number of rotatable bonds is 8. The summed E-state index contributed by atoms with van der Waals surface area (Å²) in [6.07, 6.45) is 6.64. The highest BCUT2D eigenvalue weighted by Crippen LogP contribution is 2.30. The van der Waals surface area contributed by atoms with E-state index in [2.05, 4.69) is 39.1 Å². The molecule has 1 saturated carbocycles. The summed E-state index contributed by atoms with van der Waals surface area (Å²) in [7, 11) is 0. The van der Waals surface area contributed by atoms with Crippen LogP contribution in [0.5, 0.6) is 0 Å². The predicted octanol–water partition coefficient (Wildman–Crippen LogP) is 4.44. The third-order valence-corrected chi connectivity index (χ3v) is 6.58. The molecule has 1 aliphatic carbocycles. The zero-order chi connectivity index (χ0) is 21.0. The van der Waals surface area contributed by atoms with Crippen LogP contribution in [-0.4, -0.2) is 45.2 Å². The molecule has 0 spiro atoms. The maximum atomic E-state index is 12.9. The average Bonchev–Trinajstić information content (AvgIpc) is 3.28. The molecule has 5 nitrogen and oxygen atoms in total. The lowest BCUT2D eigenvalue weighted by Crippen LogP contribution is -2.43. The van der Waals surface area contributed by atoms with E-state index in [9.17, 15) is 9.59 Å². The van der Waals surface area contributed by atoms with Gasteiger partial charge in [0.2, 0.25) is 11.8 Å². The maximum Gasteiger partial charge on any atom is 0.242 e. The van der Waals surface area contributed by atoms with Crippen LogP contribution in [0.25, 0.3) is 10.9 Å². The number of carbonyl (C=O) groups excluding carboxylic acids is 2. The largest absolute Gasteiger partial charge is 0.353 e. The smallest absolute Gasteiger partial charge is 0.242 e. The van der Waals surface area contributed by atoms with Gasteiger partial charge < -0.3 is 14.8 Å². The Labute approximate surface area is 178 Å². The van der Waals surface area contributed by atoms with Gasteiger partial charge in [0.15, 0.2) is 0 Å². The number of fused-ring (bicyclic) bond motifs is 1. The van der Waals surface area contributed by atoms with E-state index in [-0.39, 0.29) is 23.9 Å². The van der Waals surface area contributed by atoms with Crippen LogP contribution in [0.3, 0.4) is 0 Å². The molecular formula is C23H33N3O2S. The van der Waals surface area contributed by atoms with Crippen LogP contribution in [0, 0.1) is 0 Å². The monoisotopic (exact) mass is 415 g/mol. The summed E-state index contributed by atoms with van der Waals surface area (Å²) in [5.74, 6) is 0.620. The zero-order valence-corrected chi connectivity index (χ0v) is 18.8. The van der Waals surface area contributed by atoms with E-state index in [0.29, 0.717) is 18.3 Å². The Balaban J connectivity index is 1.72. The Kier molecular flexibility index (Phi) is 7.28. The topological polar surface area (TPSA) is 54.3 Å². The molecule has 0 atom stereocenters. The van der Waals surface area contributed by atoms with Crippen LogP contribution in [0.4, 0.5) is 0 Å². The van der Waals surface area contributed by atoms with E-state index in [1.807, 2.05) is 33.9 Å². The number of hydrogen-bond donors (Lipinski definition) is 1. The molecule has 6 heteroatoms. The molecule has 29 heavy (non-hydrogen) atoms. The normalized spacial score (nSPS) is 14.8. The van der Waals surface area contributed by atoms with Crippen molar-refractivity contribution in [1.29, 1.82) is 0 Å². The lowest BCUT2D eigenvalue weighted by Gasteiger charge is -2.31. The van der Waals surface area contributed by atoms with Gasteiger partial charge in [-0.2, -0.15) is 0 Å². The number of aromatic nitrogens is 1. The van der Waals surface area contributed by atoms with Crippen LogP contribution in [-0.2, 0) is 16.1 Å². The third-order valence-electron chi connectivity index (χ3n) is 5.54. The van der Waals surface area contributed by atoms with E-state index in [1.54, 1.807) is 11.8 Å². The van der Waals surface area contributed by atoms with Crippen LogP contribution in [0.15, 0.2) is 35.4 Å². The maximum absolute atomic E-state index is 12.9. The number of carbonyl (C=O) groups is 2. The number of amides is 2. The second-order valence-electron chi connectivity index (χ2n) is 8.46. The van der Waals surface area contributed by atoms with E-state index < -0.39 is 0 Å². The van der Waals surface area contributed by atoms with Crippen molar-refractivity contribution >= 4 is 34.5 Å². The molecule has 0 bridgehead atoms. The van der Waals surface area contributed by atoms with Crippen molar-refractivity contribution in [2.45, 2.75) is 82.9 Å². The quantitative estimate of drug-likeness (QED) is 0.649. The number of nitrogens with zero attached hydrogens (tertiary/aromatic N) is 2. The van der Waals surface area contributed by atoms with Crippen molar-refractivity contribution in [2.24, 2.45) is 0 Å². The van der Waals surface area contributed by atoms with Crippen LogP contribution < -0.4 is 5.32 Å². The first-order valence-corrected chi connectivity index (χ1v) is 11.7. The highest BCUT2D eigenvalue weighted by atomic mass is 32.2. The highest BCUT2D eigenvalue weighted by molar-refractivity contribution is 8.00. The van der Waals surface area contributed by atoms with Crippen molar-refractivity contribution < 1.29 is 9.59 Å². The Morgan fingerprint density at radius 3 is 2.45 bits per heavy atom. The molecule has 0 unspecified atom stereocenters. The van der Waals surface area contributed by atoms with Crippen LogP contribution >= 0.6 is 11.8 Å². The zero-order valence-electron chi connectivity index (χ0n) is 18.0. The molecule has 0 saturated heterocycles. The molecule has 1 aliphatic rings. The van der Waals surface area contributed by atoms with Crippen molar-refractivity contribution in [3.8, 4) is 0 Å². The molecule has 1 N–H and O–H groups in total. The van der Waals surface area contributed by atoms with Gasteiger partial charge >= 0.3 is 0 Å². The first-order chi connectivity index (χ1) is 13.9. The van der Waals surface area contributed by atoms with Crippen LogP contribution in [0.2, 0.25) is 0 Å². The van der Waals surface area contributed by atoms with Gasteiger partial charge in [0, 0.05) is 40.1 Å². The van der Waals surface area contributed by atoms with Gasteiger partial charge in [-0.1, -0.05) is 31.0 Å². The van der Waals surface area contributed by atoms with E-state index >= 15 is 0 Å². The Hall–Kier alpha value is -1.95. The summed E-state index contributed by atoms with van der Waals surface area (Å²) in [6, 6.07) is 8.78. The molecule has 3 rings (SSSR count). The number of hydrogen-bond acceptors (Lipinski definition) is 3. The average molecular weight is 416 g/mol. The van der Waals surface area contributed by atoms with Gasteiger partial charge in [0.05, 0.1) is 5.75 Å². The van der Waals surface area contributed by atoms with Crippen molar-refractivity contribution in [2.75, 3.05) is 5.75 Å². The number of nitrogens with one attached hydrogen (secondary N) is 1. The molecule has 1 fully saturated rings. The SMILES string of the molecule is CC(C)N(C(=O)Cn1cc(SCC(=O)NC2CCCC2)c2ccccc21)C(C)C. The third kappa shape index (κ3) is 5.35. The molecular weight excluding hydrogens is 382 g/mol. The van der Waals surface area contributed by atoms with E-state index in [1.165, 1.54) is 12.8 Å². The summed E-state index contributed by atoms with van der Waals surface area (Å²) in [5, 5.41) is 4.25. The first kappa shape index (κ1) is 21.8. The minimum absolute atomic E-state index is 0.0978. The van der Waals surface area contributed by atoms with Gasteiger partial charge in [-0.3, -0.25) is 9.59 Å². The van der Waals surface area contributed by atoms with Gasteiger partial charge in [-0.25, -0.2) is 0 Å². The van der Waals surface area contributed by atoms with E-state index in [4.69, 9.17) is 0 Å². The van der Waals surface area contributed by atoms with Crippen molar-refractivity contribution in [1.82, 2.24) is 14.8 Å². The molecule has 1 aromatic heterocycles. The molecule has 2 aromatic rings. The fraction of sp³-hybridized carbons (Fsp3) is 0.565. The second-order valence-corrected chi connectivity index (χ2v) is 9.48. The summed E-state index contributed by atoms with van der Waals surface area (Å²) in [5.41, 5.74) is 1.03. The summed E-state index contributed by atoms with van der Waals surface area (Å²) < 4.78 is 2.02. The summed E-state index contributed by atoms with van der Waals surface area (Å²) in [6.45, 7) is 8.52. The number of para-hydroxylation sites is 1. The number of thioether (sulfide) groups is 1. The Morgan fingerprint density at radius 2 is 1.79 bits per heavy atom. The molecule has 0 radical (unpaired) electrons. The highest BCUT2D eigenvalue weighted by Gasteiger charge is 2.22. The number of benzene rings is 1. The Bertz CT molecular complexity index is 845. The van der Waals surface area contributed by atoms with E-state index in [0.717, 1.165) is 28.6 Å². The Morgan fingerprint density at radius 1 is 1.14 bits per heavy atom. The molecule has 2 amide bonds. The lowest BCUT2D eigenvalue weighted by atomic mass is 10.2. The van der Waals surface area contributed by atoms with Crippen molar-refractivity contribution in [3.05, 3.63) is 30.5 Å². The van der Waals surface area contributed by atoms with Gasteiger partial charge in [0.25, 0.3) is 0 Å². The molecule has 1 heterocycles.